The Kier molecular flexibility index (Phi) is 6.46. The molecular weight excluding hydrogens is 497 g/mol. The van der Waals surface area contributed by atoms with Gasteiger partial charge >= 0.3 is 5.97 Å². The van der Waals surface area contributed by atoms with E-state index in [2.05, 4.69) is 9.97 Å². The standard InChI is InChI=1S/C28H19Cl2N3O3/c29-21-9-10-23(30)22(15-21)18-11-12-33(25(34)14-18)26(17-5-2-1-3-6-17)27-31-16-24(32-27)19-7-4-8-20(13-19)28(35)36/h1-16,26H,(H,31,32)(H,35,36)/t26-/m0/s1. The fourth-order valence-electron chi connectivity index (χ4n) is 4.12. The molecule has 0 unspecified atom stereocenters. The van der Waals surface area contributed by atoms with Crippen molar-refractivity contribution in [2.24, 2.45) is 0 Å². The number of nitrogens with zero attached hydrogens (tertiary/aromatic N) is 2. The Morgan fingerprint density at radius 2 is 1.72 bits per heavy atom. The van der Waals surface area contributed by atoms with Gasteiger partial charge in [0, 0.05) is 33.4 Å². The Hall–Kier alpha value is -4.13. The molecule has 0 bridgehead atoms. The molecule has 0 amide bonds. The molecule has 0 aliphatic carbocycles. The molecule has 0 radical (unpaired) electrons. The molecule has 0 fully saturated rings. The largest absolute Gasteiger partial charge is 0.478 e. The van der Waals surface area contributed by atoms with Gasteiger partial charge in [-0.05, 0) is 47.5 Å². The first-order valence-corrected chi connectivity index (χ1v) is 11.8. The molecule has 2 heterocycles. The number of imidazole rings is 1. The average Bonchev–Trinajstić information content (AvgIpc) is 3.37. The molecule has 6 nitrogen and oxygen atoms in total. The third kappa shape index (κ3) is 4.69. The second-order valence-corrected chi connectivity index (χ2v) is 9.01. The van der Waals surface area contributed by atoms with E-state index in [0.717, 1.165) is 5.56 Å². The normalized spacial score (nSPS) is 11.8. The molecule has 3 aromatic carbocycles. The first-order valence-electron chi connectivity index (χ1n) is 11.0. The number of H-pyrrole nitrogens is 1. The number of hydrogen-bond donors (Lipinski definition) is 2. The molecule has 5 rings (SSSR count). The molecule has 36 heavy (non-hydrogen) atoms. The fraction of sp³-hybridized carbons (Fsp3) is 0.0357. The molecule has 2 aromatic heterocycles. The SMILES string of the molecule is O=C(O)c1cccc(-c2cnc([C@H](c3ccccc3)n3ccc(-c4cc(Cl)ccc4Cl)cc3=O)[nH]2)c1. The molecule has 1 atom stereocenters. The lowest BCUT2D eigenvalue weighted by atomic mass is 10.0. The van der Waals surface area contributed by atoms with Gasteiger partial charge in [0.05, 0.1) is 17.5 Å². The summed E-state index contributed by atoms with van der Waals surface area (Å²) in [6.45, 7) is 0. The first-order chi connectivity index (χ1) is 17.4. The lowest BCUT2D eigenvalue weighted by Gasteiger charge is -2.19. The van der Waals surface area contributed by atoms with Crippen LogP contribution in [0.4, 0.5) is 0 Å². The van der Waals surface area contributed by atoms with E-state index in [4.69, 9.17) is 23.2 Å². The summed E-state index contributed by atoms with van der Waals surface area (Å²) in [5.41, 5.74) is 3.43. The molecular formula is C28H19Cl2N3O3. The van der Waals surface area contributed by atoms with Gasteiger partial charge in [-0.3, -0.25) is 4.79 Å². The van der Waals surface area contributed by atoms with Crippen LogP contribution in [0.2, 0.25) is 10.0 Å². The van der Waals surface area contributed by atoms with E-state index >= 15 is 0 Å². The van der Waals surface area contributed by atoms with Crippen LogP contribution in [0.1, 0.15) is 27.8 Å². The van der Waals surface area contributed by atoms with Crippen LogP contribution in [0.3, 0.4) is 0 Å². The summed E-state index contributed by atoms with van der Waals surface area (Å²) in [6.07, 6.45) is 3.34. The zero-order chi connectivity index (χ0) is 25.2. The van der Waals surface area contributed by atoms with Crippen molar-refractivity contribution in [3.05, 3.63) is 135 Å². The van der Waals surface area contributed by atoms with Gasteiger partial charge < -0.3 is 14.7 Å². The van der Waals surface area contributed by atoms with Crippen LogP contribution in [0.25, 0.3) is 22.4 Å². The van der Waals surface area contributed by atoms with E-state index in [1.807, 2.05) is 36.4 Å². The van der Waals surface area contributed by atoms with E-state index in [0.29, 0.717) is 38.3 Å². The van der Waals surface area contributed by atoms with Gasteiger partial charge in [-0.2, -0.15) is 0 Å². The molecule has 0 saturated heterocycles. The lowest BCUT2D eigenvalue weighted by molar-refractivity contribution is 0.0697. The number of aromatic nitrogens is 3. The van der Waals surface area contributed by atoms with E-state index in [-0.39, 0.29) is 11.1 Å². The second kappa shape index (κ2) is 9.85. The van der Waals surface area contributed by atoms with Crippen LogP contribution in [-0.2, 0) is 0 Å². The van der Waals surface area contributed by atoms with Gasteiger partial charge in [0.15, 0.2) is 0 Å². The highest BCUT2D eigenvalue weighted by Crippen LogP contribution is 2.31. The average molecular weight is 516 g/mol. The predicted octanol–water partition coefficient (Wildman–Crippen LogP) is 6.55. The smallest absolute Gasteiger partial charge is 0.335 e. The number of pyridine rings is 1. The Morgan fingerprint density at radius 1 is 0.917 bits per heavy atom. The molecule has 0 aliphatic rings. The number of aromatic carboxylic acids is 1. The molecule has 5 aromatic rings. The third-order valence-electron chi connectivity index (χ3n) is 5.86. The number of benzene rings is 3. The van der Waals surface area contributed by atoms with E-state index in [1.54, 1.807) is 53.4 Å². The molecule has 0 saturated carbocycles. The van der Waals surface area contributed by atoms with Crippen molar-refractivity contribution in [1.82, 2.24) is 14.5 Å². The highest BCUT2D eigenvalue weighted by Gasteiger charge is 2.22. The van der Waals surface area contributed by atoms with E-state index in [9.17, 15) is 14.7 Å². The predicted molar refractivity (Wildman–Crippen MR) is 141 cm³/mol. The van der Waals surface area contributed by atoms with Gasteiger partial charge in [-0.1, -0.05) is 65.7 Å². The maximum absolute atomic E-state index is 13.4. The van der Waals surface area contributed by atoms with Crippen molar-refractivity contribution in [1.29, 1.82) is 0 Å². The highest BCUT2D eigenvalue weighted by molar-refractivity contribution is 6.35. The van der Waals surface area contributed by atoms with Crippen molar-refractivity contribution in [3.63, 3.8) is 0 Å². The quantitative estimate of drug-likeness (QED) is 0.268. The Balaban J connectivity index is 1.59. The Bertz CT molecular complexity index is 1630. The number of hydrogen-bond acceptors (Lipinski definition) is 3. The fourth-order valence-corrected chi connectivity index (χ4v) is 4.52. The number of halogens is 2. The zero-order valence-corrected chi connectivity index (χ0v) is 20.2. The van der Waals surface area contributed by atoms with Crippen molar-refractivity contribution in [2.45, 2.75) is 6.04 Å². The van der Waals surface area contributed by atoms with Gasteiger partial charge in [0.1, 0.15) is 11.9 Å². The van der Waals surface area contributed by atoms with Crippen LogP contribution < -0.4 is 5.56 Å². The number of carbonyl (C=O) groups is 1. The number of aromatic amines is 1. The minimum absolute atomic E-state index is 0.176. The molecule has 178 valence electrons. The van der Waals surface area contributed by atoms with Crippen molar-refractivity contribution < 1.29 is 9.90 Å². The monoisotopic (exact) mass is 515 g/mol. The molecule has 8 heteroatoms. The molecule has 2 N–H and O–H groups in total. The van der Waals surface area contributed by atoms with Crippen molar-refractivity contribution >= 4 is 29.2 Å². The number of carboxylic acid groups (broad SMARTS) is 1. The summed E-state index contributed by atoms with van der Waals surface area (Å²) in [5.74, 6) is -0.474. The van der Waals surface area contributed by atoms with Gasteiger partial charge in [0.25, 0.3) is 5.56 Å². The van der Waals surface area contributed by atoms with Crippen molar-refractivity contribution in [2.75, 3.05) is 0 Å². The maximum Gasteiger partial charge on any atom is 0.335 e. The minimum Gasteiger partial charge on any atom is -0.478 e. The lowest BCUT2D eigenvalue weighted by Crippen LogP contribution is -2.26. The first kappa shape index (κ1) is 23.6. The summed E-state index contributed by atoms with van der Waals surface area (Å²) in [5, 5.41) is 10.4. The number of carboxylic acids is 1. The minimum atomic E-state index is -1.01. The summed E-state index contributed by atoms with van der Waals surface area (Å²) in [7, 11) is 0. The van der Waals surface area contributed by atoms with E-state index < -0.39 is 12.0 Å². The summed E-state index contributed by atoms with van der Waals surface area (Å²) in [4.78, 5) is 32.6. The third-order valence-corrected chi connectivity index (χ3v) is 6.42. The highest BCUT2D eigenvalue weighted by atomic mass is 35.5. The Morgan fingerprint density at radius 3 is 2.47 bits per heavy atom. The molecule has 0 aliphatic heterocycles. The van der Waals surface area contributed by atoms with Crippen LogP contribution >= 0.6 is 23.2 Å². The van der Waals surface area contributed by atoms with Gasteiger partial charge in [-0.15, -0.1) is 0 Å². The summed E-state index contributed by atoms with van der Waals surface area (Å²) < 4.78 is 1.59. The maximum atomic E-state index is 13.4. The zero-order valence-electron chi connectivity index (χ0n) is 18.7. The number of rotatable bonds is 6. The van der Waals surface area contributed by atoms with Crippen LogP contribution in [0, 0.1) is 0 Å². The summed E-state index contributed by atoms with van der Waals surface area (Å²) in [6, 6.07) is 24.0. The van der Waals surface area contributed by atoms with Crippen molar-refractivity contribution in [3.8, 4) is 22.4 Å². The van der Waals surface area contributed by atoms with Crippen LogP contribution in [0.5, 0.6) is 0 Å². The second-order valence-electron chi connectivity index (χ2n) is 8.17. The molecule has 0 spiro atoms. The van der Waals surface area contributed by atoms with Gasteiger partial charge in [-0.25, -0.2) is 9.78 Å². The topological polar surface area (TPSA) is 88.0 Å². The van der Waals surface area contributed by atoms with Gasteiger partial charge in [0.2, 0.25) is 0 Å². The van der Waals surface area contributed by atoms with E-state index in [1.165, 1.54) is 12.1 Å². The van der Waals surface area contributed by atoms with Crippen LogP contribution in [-0.4, -0.2) is 25.6 Å². The Labute approximate surface area is 216 Å². The summed E-state index contributed by atoms with van der Waals surface area (Å²) >= 11 is 12.5. The number of nitrogens with one attached hydrogen (secondary N) is 1. The van der Waals surface area contributed by atoms with Crippen LogP contribution in [0.15, 0.2) is 102 Å².